The SMILES string of the molecule is O=c1cc(OC(F)(F)F)[nH]c(C(F)F)c1C(F)(F)F. The molecule has 19 heavy (non-hydrogen) atoms. The number of pyridine rings is 1. The fourth-order valence-electron chi connectivity index (χ4n) is 1.19. The van der Waals surface area contributed by atoms with E-state index < -0.39 is 41.5 Å². The second-order valence-electron chi connectivity index (χ2n) is 3.13. The number of ether oxygens (including phenoxy) is 1. The second-order valence-corrected chi connectivity index (χ2v) is 3.13. The van der Waals surface area contributed by atoms with Gasteiger partial charge in [0.25, 0.3) is 6.43 Å². The quantitative estimate of drug-likeness (QED) is 0.852. The summed E-state index contributed by atoms with van der Waals surface area (Å²) in [5, 5.41) is 0. The Morgan fingerprint density at radius 2 is 1.63 bits per heavy atom. The van der Waals surface area contributed by atoms with Crippen LogP contribution in [-0.4, -0.2) is 11.3 Å². The van der Waals surface area contributed by atoms with Gasteiger partial charge in [0.1, 0.15) is 11.3 Å². The molecule has 1 rings (SSSR count). The lowest BCUT2D eigenvalue weighted by atomic mass is 10.2. The monoisotopic (exact) mass is 297 g/mol. The van der Waals surface area contributed by atoms with Crippen molar-refractivity contribution in [3.8, 4) is 5.88 Å². The van der Waals surface area contributed by atoms with Crippen LogP contribution in [0.25, 0.3) is 0 Å². The Balaban J connectivity index is 3.43. The van der Waals surface area contributed by atoms with Crippen molar-refractivity contribution in [2.75, 3.05) is 0 Å². The van der Waals surface area contributed by atoms with E-state index in [-0.39, 0.29) is 6.07 Å². The Morgan fingerprint density at radius 1 is 1.11 bits per heavy atom. The van der Waals surface area contributed by atoms with E-state index in [1.54, 1.807) is 0 Å². The van der Waals surface area contributed by atoms with Crippen molar-refractivity contribution in [2.24, 2.45) is 0 Å². The molecule has 11 heteroatoms. The van der Waals surface area contributed by atoms with Gasteiger partial charge in [0, 0.05) is 6.07 Å². The normalized spacial score (nSPS) is 12.9. The van der Waals surface area contributed by atoms with Gasteiger partial charge < -0.3 is 9.72 Å². The fraction of sp³-hybridized carbons (Fsp3) is 0.375. The number of hydrogen-bond donors (Lipinski definition) is 1. The van der Waals surface area contributed by atoms with Crippen LogP contribution in [0.5, 0.6) is 5.88 Å². The van der Waals surface area contributed by atoms with E-state index in [1.807, 2.05) is 0 Å². The highest BCUT2D eigenvalue weighted by Crippen LogP contribution is 2.34. The maximum Gasteiger partial charge on any atom is 0.574 e. The van der Waals surface area contributed by atoms with Crippen LogP contribution in [0.1, 0.15) is 17.7 Å². The summed E-state index contributed by atoms with van der Waals surface area (Å²) in [7, 11) is 0. The molecular formula is C8H3F8NO2. The molecule has 1 aromatic heterocycles. The molecule has 0 aromatic carbocycles. The Hall–Kier alpha value is -1.81. The third kappa shape index (κ3) is 3.83. The van der Waals surface area contributed by atoms with Crippen LogP contribution in [0.4, 0.5) is 35.1 Å². The first-order chi connectivity index (χ1) is 8.42. The van der Waals surface area contributed by atoms with Crippen LogP contribution in [0.2, 0.25) is 0 Å². The number of halogens is 8. The van der Waals surface area contributed by atoms with E-state index >= 15 is 0 Å². The molecule has 0 unspecified atom stereocenters. The van der Waals surface area contributed by atoms with Crippen molar-refractivity contribution in [1.82, 2.24) is 4.98 Å². The lowest BCUT2D eigenvalue weighted by molar-refractivity contribution is -0.276. The summed E-state index contributed by atoms with van der Waals surface area (Å²) in [6, 6.07) is -0.206. The molecule has 0 radical (unpaired) electrons. The zero-order valence-electron chi connectivity index (χ0n) is 8.49. The zero-order valence-corrected chi connectivity index (χ0v) is 8.49. The van der Waals surface area contributed by atoms with Crippen molar-refractivity contribution >= 4 is 0 Å². The maximum absolute atomic E-state index is 12.3. The van der Waals surface area contributed by atoms with Crippen LogP contribution in [0.3, 0.4) is 0 Å². The van der Waals surface area contributed by atoms with Gasteiger partial charge in [0.2, 0.25) is 5.88 Å². The smallest absolute Gasteiger partial charge is 0.390 e. The van der Waals surface area contributed by atoms with E-state index in [2.05, 4.69) is 4.74 Å². The first kappa shape index (κ1) is 15.2. The molecule has 0 fully saturated rings. The third-order valence-corrected chi connectivity index (χ3v) is 1.76. The van der Waals surface area contributed by atoms with Gasteiger partial charge in [0.15, 0.2) is 5.43 Å². The number of aromatic amines is 1. The van der Waals surface area contributed by atoms with Gasteiger partial charge in [-0.15, -0.1) is 13.2 Å². The first-order valence-corrected chi connectivity index (χ1v) is 4.30. The second kappa shape index (κ2) is 4.70. The minimum Gasteiger partial charge on any atom is -0.390 e. The molecule has 108 valence electrons. The number of alkyl halides is 8. The van der Waals surface area contributed by atoms with Crippen LogP contribution < -0.4 is 10.2 Å². The largest absolute Gasteiger partial charge is 0.574 e. The predicted molar refractivity (Wildman–Crippen MR) is 43.7 cm³/mol. The van der Waals surface area contributed by atoms with E-state index in [4.69, 9.17) is 0 Å². The molecule has 0 saturated heterocycles. The van der Waals surface area contributed by atoms with Crippen LogP contribution >= 0.6 is 0 Å². The standard InChI is InChI=1S/C8H3F8NO2/c9-6(10)5-4(7(11,12)13)2(18)1-3(17-5)19-8(14,15)16/h1,6H,(H,17,18). The minimum atomic E-state index is -5.43. The summed E-state index contributed by atoms with van der Waals surface area (Å²) in [5.74, 6) is -1.55. The average Bonchev–Trinajstić information content (AvgIpc) is 2.10. The van der Waals surface area contributed by atoms with Crippen molar-refractivity contribution in [3.63, 3.8) is 0 Å². The molecule has 1 heterocycles. The number of rotatable bonds is 2. The van der Waals surface area contributed by atoms with Crippen LogP contribution in [-0.2, 0) is 6.18 Å². The highest BCUT2D eigenvalue weighted by molar-refractivity contribution is 5.29. The molecule has 0 aliphatic rings. The van der Waals surface area contributed by atoms with E-state index in [0.717, 1.165) is 4.98 Å². The summed E-state index contributed by atoms with van der Waals surface area (Å²) in [6.45, 7) is 0. The number of hydrogen-bond acceptors (Lipinski definition) is 2. The Kier molecular flexibility index (Phi) is 3.77. The molecular weight excluding hydrogens is 294 g/mol. The molecule has 0 bridgehead atoms. The van der Waals surface area contributed by atoms with Gasteiger partial charge in [-0.2, -0.15) is 13.2 Å². The molecule has 0 aliphatic heterocycles. The number of H-pyrrole nitrogens is 1. The molecule has 1 aromatic rings. The molecule has 0 saturated carbocycles. The van der Waals surface area contributed by atoms with Gasteiger partial charge in [-0.3, -0.25) is 4.79 Å². The van der Waals surface area contributed by atoms with E-state index in [9.17, 15) is 39.9 Å². The summed E-state index contributed by atoms with van der Waals surface area (Å²) < 4.78 is 100. The maximum atomic E-state index is 12.3. The summed E-state index contributed by atoms with van der Waals surface area (Å²) in [5.41, 5.74) is -6.31. The highest BCUT2D eigenvalue weighted by atomic mass is 19.4. The van der Waals surface area contributed by atoms with Crippen LogP contribution in [0.15, 0.2) is 10.9 Å². The number of nitrogens with one attached hydrogen (secondary N) is 1. The molecule has 0 spiro atoms. The van der Waals surface area contributed by atoms with Crippen molar-refractivity contribution in [2.45, 2.75) is 19.0 Å². The first-order valence-electron chi connectivity index (χ1n) is 4.30. The highest BCUT2D eigenvalue weighted by Gasteiger charge is 2.40. The van der Waals surface area contributed by atoms with Crippen molar-refractivity contribution < 1.29 is 39.9 Å². The average molecular weight is 297 g/mol. The zero-order chi connectivity index (χ0) is 15.0. The molecule has 3 nitrogen and oxygen atoms in total. The summed E-state index contributed by atoms with van der Waals surface area (Å²) >= 11 is 0. The Labute approximate surface area is 98.3 Å². The van der Waals surface area contributed by atoms with Crippen molar-refractivity contribution in [1.29, 1.82) is 0 Å². The van der Waals surface area contributed by atoms with Gasteiger partial charge in [-0.25, -0.2) is 8.78 Å². The topological polar surface area (TPSA) is 42.1 Å². The van der Waals surface area contributed by atoms with Crippen molar-refractivity contribution in [3.05, 3.63) is 27.5 Å². The van der Waals surface area contributed by atoms with Gasteiger partial charge >= 0.3 is 12.5 Å². The lowest BCUT2D eigenvalue weighted by Gasteiger charge is -2.14. The van der Waals surface area contributed by atoms with Crippen LogP contribution in [0, 0.1) is 0 Å². The van der Waals surface area contributed by atoms with Gasteiger partial charge in [0.05, 0.1) is 0 Å². The van der Waals surface area contributed by atoms with E-state index in [0.29, 0.717) is 0 Å². The van der Waals surface area contributed by atoms with Gasteiger partial charge in [-0.1, -0.05) is 0 Å². The summed E-state index contributed by atoms with van der Waals surface area (Å²) in [4.78, 5) is 12.1. The fourth-order valence-corrected chi connectivity index (χ4v) is 1.19. The Bertz CT molecular complexity index is 515. The molecule has 0 atom stereocenters. The lowest BCUT2D eigenvalue weighted by Crippen LogP contribution is -2.25. The predicted octanol–water partition coefficient (Wildman–Crippen LogP) is 3.23. The minimum absolute atomic E-state index is 0.206. The summed E-state index contributed by atoms with van der Waals surface area (Å²) in [6.07, 6.45) is -14.6. The Morgan fingerprint density at radius 3 is 2.00 bits per heavy atom. The van der Waals surface area contributed by atoms with E-state index in [1.165, 1.54) is 0 Å². The molecule has 0 aliphatic carbocycles. The third-order valence-electron chi connectivity index (χ3n) is 1.76. The number of aromatic nitrogens is 1. The molecule has 0 amide bonds. The molecule has 1 N–H and O–H groups in total. The van der Waals surface area contributed by atoms with Gasteiger partial charge in [-0.05, 0) is 0 Å².